The SMILES string of the molecule is CCc1cncnc1N=C(N)OC. The number of nitrogens with zero attached hydrogens (tertiary/aromatic N) is 3. The maximum atomic E-state index is 5.40. The van der Waals surface area contributed by atoms with E-state index in [-0.39, 0.29) is 6.02 Å². The van der Waals surface area contributed by atoms with Gasteiger partial charge in [-0.15, -0.1) is 0 Å². The standard InChI is InChI=1S/C8H12N4O/c1-3-6-4-10-5-11-7(6)12-8(9)13-2/h4-5H,3H2,1-2H3,(H2,9,10,11,12). The second-order valence-corrected chi connectivity index (χ2v) is 2.38. The number of aromatic nitrogens is 2. The van der Waals surface area contributed by atoms with E-state index in [4.69, 9.17) is 10.5 Å². The van der Waals surface area contributed by atoms with Crippen LogP contribution in [0.4, 0.5) is 5.82 Å². The average Bonchev–Trinajstić information content (AvgIpc) is 2.18. The smallest absolute Gasteiger partial charge is 0.288 e. The molecule has 0 fully saturated rings. The number of hydrogen-bond acceptors (Lipinski definition) is 4. The van der Waals surface area contributed by atoms with Gasteiger partial charge in [0.2, 0.25) is 0 Å². The predicted octanol–water partition coefficient (Wildman–Crippen LogP) is 0.632. The fourth-order valence-electron chi connectivity index (χ4n) is 0.852. The molecule has 0 atom stereocenters. The van der Waals surface area contributed by atoms with Crippen molar-refractivity contribution in [1.82, 2.24) is 9.97 Å². The molecule has 0 saturated carbocycles. The van der Waals surface area contributed by atoms with E-state index in [9.17, 15) is 0 Å². The largest absolute Gasteiger partial charge is 0.468 e. The van der Waals surface area contributed by atoms with E-state index < -0.39 is 0 Å². The van der Waals surface area contributed by atoms with E-state index in [1.807, 2.05) is 6.92 Å². The van der Waals surface area contributed by atoms with Gasteiger partial charge in [0.1, 0.15) is 6.33 Å². The number of hydrogen-bond donors (Lipinski definition) is 1. The number of aliphatic imine (C=N–C) groups is 1. The highest BCUT2D eigenvalue weighted by molar-refractivity contribution is 5.74. The third-order valence-electron chi connectivity index (χ3n) is 1.57. The highest BCUT2D eigenvalue weighted by Crippen LogP contribution is 2.13. The van der Waals surface area contributed by atoms with Gasteiger partial charge in [-0.25, -0.2) is 9.97 Å². The first-order chi connectivity index (χ1) is 6.27. The van der Waals surface area contributed by atoms with Gasteiger partial charge in [0.25, 0.3) is 6.02 Å². The van der Waals surface area contributed by atoms with Crippen LogP contribution >= 0.6 is 0 Å². The topological polar surface area (TPSA) is 73.4 Å². The van der Waals surface area contributed by atoms with E-state index in [1.165, 1.54) is 13.4 Å². The van der Waals surface area contributed by atoms with Gasteiger partial charge < -0.3 is 10.5 Å². The minimum atomic E-state index is 0.105. The van der Waals surface area contributed by atoms with Crippen LogP contribution in [0.25, 0.3) is 0 Å². The van der Waals surface area contributed by atoms with Crippen LogP contribution < -0.4 is 5.73 Å². The number of ether oxygens (including phenoxy) is 1. The summed E-state index contributed by atoms with van der Waals surface area (Å²) in [6.45, 7) is 2.00. The Morgan fingerprint density at radius 3 is 3.08 bits per heavy atom. The normalized spacial score (nSPS) is 11.4. The quantitative estimate of drug-likeness (QED) is 0.535. The second-order valence-electron chi connectivity index (χ2n) is 2.38. The van der Waals surface area contributed by atoms with Gasteiger partial charge in [-0.1, -0.05) is 6.92 Å². The molecule has 1 aromatic rings. The van der Waals surface area contributed by atoms with Gasteiger partial charge in [0, 0.05) is 11.8 Å². The Hall–Kier alpha value is -1.65. The van der Waals surface area contributed by atoms with Gasteiger partial charge in [0.15, 0.2) is 5.82 Å². The van der Waals surface area contributed by atoms with Crippen molar-refractivity contribution in [3.8, 4) is 0 Å². The zero-order chi connectivity index (χ0) is 9.68. The van der Waals surface area contributed by atoms with Crippen LogP contribution in [0.2, 0.25) is 0 Å². The van der Waals surface area contributed by atoms with Crippen LogP contribution in [-0.4, -0.2) is 23.1 Å². The van der Waals surface area contributed by atoms with Crippen molar-refractivity contribution >= 4 is 11.8 Å². The first-order valence-corrected chi connectivity index (χ1v) is 3.95. The summed E-state index contributed by atoms with van der Waals surface area (Å²) in [6, 6.07) is 0.105. The number of amidine groups is 1. The first kappa shape index (κ1) is 9.44. The molecule has 1 aromatic heterocycles. The van der Waals surface area contributed by atoms with Crippen LogP contribution in [0.5, 0.6) is 0 Å². The Kier molecular flexibility index (Phi) is 3.19. The number of rotatable bonds is 2. The number of nitrogens with two attached hydrogens (primary N) is 1. The van der Waals surface area contributed by atoms with Crippen molar-refractivity contribution in [2.75, 3.05) is 7.11 Å². The second kappa shape index (κ2) is 4.39. The lowest BCUT2D eigenvalue weighted by atomic mass is 10.2. The molecule has 5 nitrogen and oxygen atoms in total. The van der Waals surface area contributed by atoms with Crippen molar-refractivity contribution in [3.63, 3.8) is 0 Å². The minimum absolute atomic E-state index is 0.105. The monoisotopic (exact) mass is 180 g/mol. The molecular formula is C8H12N4O. The molecule has 1 rings (SSSR count). The molecule has 0 spiro atoms. The highest BCUT2D eigenvalue weighted by Gasteiger charge is 2.00. The highest BCUT2D eigenvalue weighted by atomic mass is 16.5. The van der Waals surface area contributed by atoms with E-state index in [1.54, 1.807) is 6.20 Å². The molecule has 0 saturated heterocycles. The molecule has 0 aliphatic rings. The minimum Gasteiger partial charge on any atom is -0.468 e. The van der Waals surface area contributed by atoms with Gasteiger partial charge in [0.05, 0.1) is 7.11 Å². The number of aryl methyl sites for hydroxylation is 1. The summed E-state index contributed by atoms with van der Waals surface area (Å²) in [6.07, 6.45) is 3.96. The Balaban J connectivity index is 2.99. The molecule has 0 aliphatic heterocycles. The Morgan fingerprint density at radius 1 is 1.69 bits per heavy atom. The molecule has 0 radical (unpaired) electrons. The third-order valence-corrected chi connectivity index (χ3v) is 1.57. The molecule has 0 amide bonds. The summed E-state index contributed by atoms with van der Waals surface area (Å²) >= 11 is 0. The molecule has 2 N–H and O–H groups in total. The Morgan fingerprint density at radius 2 is 2.46 bits per heavy atom. The summed E-state index contributed by atoms with van der Waals surface area (Å²) in [4.78, 5) is 11.8. The van der Waals surface area contributed by atoms with Crippen molar-refractivity contribution in [1.29, 1.82) is 0 Å². The first-order valence-electron chi connectivity index (χ1n) is 3.95. The van der Waals surface area contributed by atoms with Crippen molar-refractivity contribution in [2.45, 2.75) is 13.3 Å². The van der Waals surface area contributed by atoms with Crippen LogP contribution in [0.3, 0.4) is 0 Å². The fraction of sp³-hybridized carbons (Fsp3) is 0.375. The van der Waals surface area contributed by atoms with E-state index in [0.717, 1.165) is 12.0 Å². The Bertz CT molecular complexity index is 311. The fourth-order valence-corrected chi connectivity index (χ4v) is 0.852. The lowest BCUT2D eigenvalue weighted by molar-refractivity contribution is 0.397. The van der Waals surface area contributed by atoms with E-state index >= 15 is 0 Å². The predicted molar refractivity (Wildman–Crippen MR) is 49.7 cm³/mol. The van der Waals surface area contributed by atoms with Gasteiger partial charge in [-0.3, -0.25) is 0 Å². The van der Waals surface area contributed by atoms with Gasteiger partial charge >= 0.3 is 0 Å². The third kappa shape index (κ3) is 2.40. The van der Waals surface area contributed by atoms with Crippen LogP contribution in [-0.2, 0) is 11.2 Å². The van der Waals surface area contributed by atoms with Gasteiger partial charge in [-0.2, -0.15) is 4.99 Å². The van der Waals surface area contributed by atoms with Crippen molar-refractivity contribution in [3.05, 3.63) is 18.1 Å². The molecule has 1 heterocycles. The molecular weight excluding hydrogens is 168 g/mol. The summed E-state index contributed by atoms with van der Waals surface area (Å²) in [5.74, 6) is 0.567. The van der Waals surface area contributed by atoms with E-state index in [0.29, 0.717) is 5.82 Å². The van der Waals surface area contributed by atoms with E-state index in [2.05, 4.69) is 15.0 Å². The molecule has 0 aromatic carbocycles. The maximum absolute atomic E-state index is 5.40. The van der Waals surface area contributed by atoms with Crippen LogP contribution in [0, 0.1) is 0 Å². The summed E-state index contributed by atoms with van der Waals surface area (Å²) in [7, 11) is 1.46. The van der Waals surface area contributed by atoms with Gasteiger partial charge in [-0.05, 0) is 6.42 Å². The molecule has 0 bridgehead atoms. The lowest BCUT2D eigenvalue weighted by Crippen LogP contribution is -2.13. The maximum Gasteiger partial charge on any atom is 0.288 e. The zero-order valence-corrected chi connectivity index (χ0v) is 7.69. The molecule has 13 heavy (non-hydrogen) atoms. The summed E-state index contributed by atoms with van der Waals surface area (Å²) < 4.78 is 4.72. The lowest BCUT2D eigenvalue weighted by Gasteiger charge is -2.01. The van der Waals surface area contributed by atoms with Crippen molar-refractivity contribution in [2.24, 2.45) is 10.7 Å². The van der Waals surface area contributed by atoms with Crippen LogP contribution in [0.1, 0.15) is 12.5 Å². The number of methoxy groups -OCH3 is 1. The molecule has 5 heteroatoms. The average molecular weight is 180 g/mol. The van der Waals surface area contributed by atoms with Crippen molar-refractivity contribution < 1.29 is 4.74 Å². The summed E-state index contributed by atoms with van der Waals surface area (Å²) in [5, 5.41) is 0. The van der Waals surface area contributed by atoms with Crippen LogP contribution in [0.15, 0.2) is 17.5 Å². The Labute approximate surface area is 76.7 Å². The molecule has 70 valence electrons. The summed E-state index contributed by atoms with van der Waals surface area (Å²) in [5.41, 5.74) is 6.34. The zero-order valence-electron chi connectivity index (χ0n) is 7.69. The molecule has 0 aliphatic carbocycles. The molecule has 0 unspecified atom stereocenters.